The van der Waals surface area contributed by atoms with E-state index in [0.717, 1.165) is 31.4 Å². The summed E-state index contributed by atoms with van der Waals surface area (Å²) in [4.78, 5) is 0. The van der Waals surface area contributed by atoms with Gasteiger partial charge in [-0.15, -0.1) is 0 Å². The van der Waals surface area contributed by atoms with Gasteiger partial charge in [0.05, 0.1) is 0 Å². The fourth-order valence-electron chi connectivity index (χ4n) is 2.96. The highest BCUT2D eigenvalue weighted by atomic mass is 31.0. The Bertz CT molecular complexity index is 638. The highest BCUT2D eigenvalue weighted by molar-refractivity contribution is 7.18. The molecule has 0 aliphatic rings. The number of ether oxygens (including phenoxy) is 1. The van der Waals surface area contributed by atoms with E-state index in [1.165, 1.54) is 16.7 Å². The van der Waals surface area contributed by atoms with Crippen molar-refractivity contribution in [1.82, 2.24) is 0 Å². The Labute approximate surface area is 150 Å². The van der Waals surface area contributed by atoms with Crippen LogP contribution in [0.3, 0.4) is 0 Å². The van der Waals surface area contributed by atoms with E-state index in [-0.39, 0.29) is 5.34 Å². The van der Waals surface area contributed by atoms with Crippen molar-refractivity contribution in [2.45, 2.75) is 64.6 Å². The lowest BCUT2D eigenvalue weighted by Gasteiger charge is -2.30. The second-order valence-corrected chi connectivity index (χ2v) is 7.75. The molecule has 0 aliphatic heterocycles. The lowest BCUT2D eigenvalue weighted by Crippen LogP contribution is -2.27. The van der Waals surface area contributed by atoms with Gasteiger partial charge in [-0.2, -0.15) is 0 Å². The summed E-state index contributed by atoms with van der Waals surface area (Å²) in [5.74, 6) is 1.54. The number of rotatable bonds is 8. The second-order valence-electron chi connectivity index (χ2n) is 6.70. The fourth-order valence-corrected chi connectivity index (χ4v) is 3.38. The van der Waals surface area contributed by atoms with Crippen molar-refractivity contribution >= 4 is 9.24 Å². The van der Waals surface area contributed by atoms with Gasteiger partial charge in [-0.05, 0) is 48.4 Å². The van der Waals surface area contributed by atoms with Crippen molar-refractivity contribution in [2.75, 3.05) is 0 Å². The van der Waals surface area contributed by atoms with Crippen molar-refractivity contribution in [3.63, 3.8) is 0 Å². The van der Waals surface area contributed by atoms with E-state index in [2.05, 4.69) is 85.5 Å². The molecule has 1 nitrogen and oxygen atoms in total. The molecule has 0 bridgehead atoms. The molecule has 0 amide bonds. The van der Waals surface area contributed by atoms with Crippen LogP contribution >= 0.6 is 9.24 Å². The minimum atomic E-state index is -0.184. The maximum absolute atomic E-state index is 6.51. The van der Waals surface area contributed by atoms with Crippen molar-refractivity contribution in [2.24, 2.45) is 0 Å². The van der Waals surface area contributed by atoms with Crippen LogP contribution in [0.4, 0.5) is 0 Å². The van der Waals surface area contributed by atoms with E-state index in [9.17, 15) is 0 Å². The highest BCUT2D eigenvalue weighted by Gasteiger charge is 2.25. The zero-order valence-electron chi connectivity index (χ0n) is 15.5. The Morgan fingerprint density at radius 3 is 2.33 bits per heavy atom. The Kier molecular flexibility index (Phi) is 6.87. The summed E-state index contributed by atoms with van der Waals surface area (Å²) in [7, 11) is 2.94. The van der Waals surface area contributed by atoms with Gasteiger partial charge in [0.2, 0.25) is 0 Å². The summed E-state index contributed by atoms with van der Waals surface area (Å²) in [6.45, 7) is 8.93. The summed E-state index contributed by atoms with van der Waals surface area (Å²) in [5, 5.41) is -0.184. The molecule has 0 N–H and O–H groups in total. The maximum atomic E-state index is 6.51. The van der Waals surface area contributed by atoms with Gasteiger partial charge in [0, 0.05) is 5.56 Å². The smallest absolute Gasteiger partial charge is 0.128 e. The molecule has 0 heterocycles. The summed E-state index contributed by atoms with van der Waals surface area (Å²) in [6, 6.07) is 17.3. The second kappa shape index (κ2) is 8.67. The van der Waals surface area contributed by atoms with Crippen molar-refractivity contribution < 1.29 is 4.74 Å². The molecule has 130 valence electrons. The van der Waals surface area contributed by atoms with Gasteiger partial charge in [0.15, 0.2) is 0 Å². The summed E-state index contributed by atoms with van der Waals surface area (Å²) in [5.41, 5.74) is 3.80. The van der Waals surface area contributed by atoms with Crippen LogP contribution in [0, 0.1) is 0 Å². The number of benzene rings is 2. The third kappa shape index (κ3) is 4.61. The minimum Gasteiger partial charge on any atom is -0.483 e. The lowest BCUT2D eigenvalue weighted by atomic mass is 9.94. The number of hydrogen-bond acceptors (Lipinski definition) is 1. The molecular formula is C22H31OP. The first-order valence-corrected chi connectivity index (χ1v) is 9.78. The Balaban J connectivity index is 2.47. The highest BCUT2D eigenvalue weighted by Crippen LogP contribution is 2.39. The van der Waals surface area contributed by atoms with Crippen LogP contribution in [0.1, 0.15) is 64.9 Å². The lowest BCUT2D eigenvalue weighted by molar-refractivity contribution is 0.149. The molecule has 0 aliphatic carbocycles. The minimum absolute atomic E-state index is 0.184. The average Bonchev–Trinajstić information content (AvgIpc) is 2.62. The molecule has 0 radical (unpaired) electrons. The van der Waals surface area contributed by atoms with E-state index in [1.807, 2.05) is 0 Å². The fraction of sp³-hybridized carbons (Fsp3) is 0.455. The van der Waals surface area contributed by atoms with Crippen LogP contribution in [0.5, 0.6) is 5.75 Å². The quantitative estimate of drug-likeness (QED) is 0.468. The SMILES string of the molecule is CCCC(P)(CC)Oc1ccc(C(C)CC)cc1-c1ccccc1. The first-order valence-electron chi connectivity index (χ1n) is 9.20. The van der Waals surface area contributed by atoms with Gasteiger partial charge in [0.1, 0.15) is 11.1 Å². The molecule has 3 atom stereocenters. The van der Waals surface area contributed by atoms with Crippen LogP contribution in [0.15, 0.2) is 48.5 Å². The molecule has 2 aromatic carbocycles. The third-order valence-corrected chi connectivity index (χ3v) is 5.67. The molecule has 0 aromatic heterocycles. The zero-order chi connectivity index (χ0) is 17.6. The first-order chi connectivity index (χ1) is 11.5. The van der Waals surface area contributed by atoms with Crippen LogP contribution in [0.25, 0.3) is 11.1 Å². The molecule has 2 heteroatoms. The zero-order valence-corrected chi connectivity index (χ0v) is 16.7. The van der Waals surface area contributed by atoms with Crippen LogP contribution < -0.4 is 4.74 Å². The summed E-state index contributed by atoms with van der Waals surface area (Å²) >= 11 is 0. The van der Waals surface area contributed by atoms with Crippen LogP contribution in [0.2, 0.25) is 0 Å². The van der Waals surface area contributed by atoms with Gasteiger partial charge in [-0.3, -0.25) is 0 Å². The molecule has 0 saturated heterocycles. The third-order valence-electron chi connectivity index (χ3n) is 4.85. The van der Waals surface area contributed by atoms with Gasteiger partial charge >= 0.3 is 0 Å². The van der Waals surface area contributed by atoms with Crippen molar-refractivity contribution in [3.8, 4) is 16.9 Å². The molecule has 0 fully saturated rings. The molecule has 0 saturated carbocycles. The summed E-state index contributed by atoms with van der Waals surface area (Å²) in [6.07, 6.45) is 4.28. The van der Waals surface area contributed by atoms with Crippen molar-refractivity contribution in [3.05, 3.63) is 54.1 Å². The normalized spacial score (nSPS) is 14.9. The average molecular weight is 342 g/mol. The molecule has 24 heavy (non-hydrogen) atoms. The summed E-state index contributed by atoms with van der Waals surface area (Å²) < 4.78 is 6.51. The Morgan fingerprint density at radius 1 is 1.04 bits per heavy atom. The molecule has 2 aromatic rings. The van der Waals surface area contributed by atoms with Gasteiger partial charge < -0.3 is 4.74 Å². The largest absolute Gasteiger partial charge is 0.483 e. The van der Waals surface area contributed by atoms with Crippen LogP contribution in [-0.4, -0.2) is 5.34 Å². The predicted molar refractivity (Wildman–Crippen MR) is 109 cm³/mol. The van der Waals surface area contributed by atoms with E-state index in [1.54, 1.807) is 0 Å². The maximum Gasteiger partial charge on any atom is 0.128 e. The standard InChI is InChI=1S/C22H31OP/c1-5-15-22(24,7-3)23-21-14-13-19(17(4)6-2)16-20(21)18-11-9-8-10-12-18/h8-14,16-17H,5-7,15,24H2,1-4H3. The van der Waals surface area contributed by atoms with E-state index >= 15 is 0 Å². The topological polar surface area (TPSA) is 9.23 Å². The van der Waals surface area contributed by atoms with Gasteiger partial charge in [0.25, 0.3) is 0 Å². The van der Waals surface area contributed by atoms with E-state index < -0.39 is 0 Å². The van der Waals surface area contributed by atoms with E-state index in [4.69, 9.17) is 4.74 Å². The molecule has 3 unspecified atom stereocenters. The van der Waals surface area contributed by atoms with Gasteiger partial charge in [-0.25, -0.2) is 0 Å². The van der Waals surface area contributed by atoms with Crippen molar-refractivity contribution in [1.29, 1.82) is 0 Å². The number of hydrogen-bond donors (Lipinski definition) is 0. The van der Waals surface area contributed by atoms with Crippen LogP contribution in [-0.2, 0) is 0 Å². The Hall–Kier alpha value is -1.33. The predicted octanol–water partition coefficient (Wildman–Crippen LogP) is 7.03. The molecule has 2 rings (SSSR count). The molecule has 0 spiro atoms. The monoisotopic (exact) mass is 342 g/mol. The van der Waals surface area contributed by atoms with E-state index in [0.29, 0.717) is 5.92 Å². The van der Waals surface area contributed by atoms with Gasteiger partial charge in [-0.1, -0.05) is 79.8 Å². The Morgan fingerprint density at radius 2 is 1.75 bits per heavy atom. The molecular weight excluding hydrogens is 311 g/mol. The first kappa shape index (κ1) is 19.0.